The molecule has 2 N–H and O–H groups in total. The van der Waals surface area contributed by atoms with E-state index in [-0.39, 0.29) is 0 Å². The lowest BCUT2D eigenvalue weighted by Crippen LogP contribution is -2.27. The fraction of sp³-hybridized carbons (Fsp3) is 0.700. The van der Waals surface area contributed by atoms with Gasteiger partial charge < -0.3 is 10.4 Å². The summed E-state index contributed by atoms with van der Waals surface area (Å²) in [5.41, 5.74) is 3.53. The van der Waals surface area contributed by atoms with Crippen LogP contribution in [0.2, 0.25) is 0 Å². The van der Waals surface area contributed by atoms with Gasteiger partial charge in [0.05, 0.1) is 0 Å². The highest BCUT2D eigenvalue weighted by Gasteiger charge is 2.17. The van der Waals surface area contributed by atoms with Crippen molar-refractivity contribution in [1.29, 1.82) is 0 Å². The van der Waals surface area contributed by atoms with Gasteiger partial charge in [0.2, 0.25) is 0 Å². The molecule has 0 aromatic heterocycles. The monoisotopic (exact) mass is 305 g/mol. The predicted octanol–water partition coefficient (Wildman–Crippen LogP) is 5.70. The molecule has 2 unspecified atom stereocenters. The first-order valence-electron chi connectivity index (χ1n) is 9.07. The van der Waals surface area contributed by atoms with E-state index in [1.54, 1.807) is 0 Å². The summed E-state index contributed by atoms with van der Waals surface area (Å²) in [6.45, 7) is 14.1. The standard InChI is InChI=1S/C20H35NO/c1-7-14(5)18-11-16(13-21-17(9-3)10-4)12-19(20(18)22)15(6)8-2/h11-12,14-15,17,21-22H,7-10,13H2,1-6H3. The van der Waals surface area contributed by atoms with Crippen molar-refractivity contribution < 1.29 is 5.11 Å². The fourth-order valence-corrected chi connectivity index (χ4v) is 2.88. The molecule has 1 aromatic carbocycles. The van der Waals surface area contributed by atoms with Crippen LogP contribution in [-0.4, -0.2) is 11.1 Å². The molecule has 0 spiro atoms. The van der Waals surface area contributed by atoms with Crippen LogP contribution in [-0.2, 0) is 6.54 Å². The number of rotatable bonds is 9. The number of aromatic hydroxyl groups is 1. The molecule has 126 valence electrons. The molecule has 22 heavy (non-hydrogen) atoms. The smallest absolute Gasteiger partial charge is 0.122 e. The Balaban J connectivity index is 3.11. The second-order valence-electron chi connectivity index (χ2n) is 6.64. The van der Waals surface area contributed by atoms with Crippen LogP contribution in [0.3, 0.4) is 0 Å². The van der Waals surface area contributed by atoms with E-state index < -0.39 is 0 Å². The predicted molar refractivity (Wildman–Crippen MR) is 96.7 cm³/mol. The van der Waals surface area contributed by atoms with Crippen molar-refractivity contribution in [2.24, 2.45) is 0 Å². The molecule has 0 radical (unpaired) electrons. The fourth-order valence-electron chi connectivity index (χ4n) is 2.88. The van der Waals surface area contributed by atoms with Crippen molar-refractivity contribution in [3.05, 3.63) is 28.8 Å². The lowest BCUT2D eigenvalue weighted by atomic mass is 9.88. The summed E-state index contributed by atoms with van der Waals surface area (Å²) in [6.07, 6.45) is 4.42. The number of hydrogen-bond acceptors (Lipinski definition) is 2. The number of phenolic OH excluding ortho intramolecular Hbond substituents is 1. The Bertz CT molecular complexity index is 420. The quantitative estimate of drug-likeness (QED) is 0.613. The average molecular weight is 306 g/mol. The molecular formula is C20H35NO. The van der Waals surface area contributed by atoms with Gasteiger partial charge in [0, 0.05) is 12.6 Å². The minimum atomic E-state index is 0.399. The van der Waals surface area contributed by atoms with Crippen LogP contribution in [0.25, 0.3) is 0 Å². The summed E-state index contributed by atoms with van der Waals surface area (Å²) in [5.74, 6) is 1.32. The minimum Gasteiger partial charge on any atom is -0.507 e. The van der Waals surface area contributed by atoms with Gasteiger partial charge in [-0.15, -0.1) is 0 Å². The van der Waals surface area contributed by atoms with Gasteiger partial charge in [-0.2, -0.15) is 0 Å². The van der Waals surface area contributed by atoms with Crippen LogP contribution < -0.4 is 5.32 Å². The summed E-state index contributed by atoms with van der Waals surface area (Å²) in [7, 11) is 0. The molecule has 0 saturated heterocycles. The Morgan fingerprint density at radius 1 is 0.864 bits per heavy atom. The summed E-state index contributed by atoms with van der Waals surface area (Å²) >= 11 is 0. The zero-order valence-electron chi connectivity index (χ0n) is 15.4. The van der Waals surface area contributed by atoms with Crippen molar-refractivity contribution >= 4 is 0 Å². The first kappa shape index (κ1) is 19.0. The molecule has 0 aliphatic heterocycles. The van der Waals surface area contributed by atoms with Gasteiger partial charge >= 0.3 is 0 Å². The Kier molecular flexibility index (Phi) is 7.95. The second-order valence-corrected chi connectivity index (χ2v) is 6.64. The van der Waals surface area contributed by atoms with Gasteiger partial charge in [-0.1, -0.05) is 53.7 Å². The number of phenols is 1. The van der Waals surface area contributed by atoms with Crippen molar-refractivity contribution in [2.45, 2.75) is 91.6 Å². The molecule has 2 atom stereocenters. The third kappa shape index (κ3) is 4.74. The Labute approximate surface area is 137 Å². The Morgan fingerprint density at radius 3 is 1.68 bits per heavy atom. The van der Waals surface area contributed by atoms with Crippen molar-refractivity contribution in [1.82, 2.24) is 5.32 Å². The molecule has 0 amide bonds. The van der Waals surface area contributed by atoms with E-state index in [1.807, 2.05) is 0 Å². The van der Waals surface area contributed by atoms with Gasteiger partial charge in [-0.25, -0.2) is 0 Å². The van der Waals surface area contributed by atoms with Crippen LogP contribution in [0.4, 0.5) is 0 Å². The van der Waals surface area contributed by atoms with E-state index in [1.165, 1.54) is 5.56 Å². The largest absolute Gasteiger partial charge is 0.507 e. The van der Waals surface area contributed by atoms with Crippen molar-refractivity contribution in [3.8, 4) is 5.75 Å². The molecule has 2 heteroatoms. The van der Waals surface area contributed by atoms with E-state index in [9.17, 15) is 5.11 Å². The molecule has 1 rings (SSSR count). The van der Waals surface area contributed by atoms with Gasteiger partial charge in [0.25, 0.3) is 0 Å². The molecule has 0 bridgehead atoms. The van der Waals surface area contributed by atoms with E-state index in [0.717, 1.165) is 43.4 Å². The maximum absolute atomic E-state index is 10.7. The molecular weight excluding hydrogens is 270 g/mol. The highest BCUT2D eigenvalue weighted by molar-refractivity contribution is 5.47. The molecule has 0 heterocycles. The van der Waals surface area contributed by atoms with Crippen LogP contribution in [0.15, 0.2) is 12.1 Å². The highest BCUT2D eigenvalue weighted by atomic mass is 16.3. The SMILES string of the molecule is CCC(CC)NCc1cc(C(C)CC)c(O)c(C(C)CC)c1. The second kappa shape index (κ2) is 9.19. The van der Waals surface area contributed by atoms with Gasteiger partial charge in [-0.3, -0.25) is 0 Å². The lowest BCUT2D eigenvalue weighted by molar-refractivity contribution is 0.447. The summed E-state index contributed by atoms with van der Waals surface area (Å²) < 4.78 is 0. The summed E-state index contributed by atoms with van der Waals surface area (Å²) in [5, 5.41) is 14.3. The third-order valence-corrected chi connectivity index (χ3v) is 5.10. The molecule has 1 aromatic rings. The van der Waals surface area contributed by atoms with Crippen LogP contribution in [0.5, 0.6) is 5.75 Å². The maximum atomic E-state index is 10.7. The lowest BCUT2D eigenvalue weighted by Gasteiger charge is -2.21. The topological polar surface area (TPSA) is 32.3 Å². The molecule has 2 nitrogen and oxygen atoms in total. The minimum absolute atomic E-state index is 0.399. The van der Waals surface area contributed by atoms with E-state index in [4.69, 9.17) is 0 Å². The zero-order valence-corrected chi connectivity index (χ0v) is 15.4. The first-order chi connectivity index (χ1) is 10.5. The molecule has 0 aliphatic rings. The van der Waals surface area contributed by atoms with Gasteiger partial charge in [-0.05, 0) is 54.2 Å². The summed E-state index contributed by atoms with van der Waals surface area (Å²) in [4.78, 5) is 0. The Hall–Kier alpha value is -1.02. The number of benzene rings is 1. The van der Waals surface area contributed by atoms with Crippen LogP contribution >= 0.6 is 0 Å². The van der Waals surface area contributed by atoms with E-state index >= 15 is 0 Å². The Morgan fingerprint density at radius 2 is 1.32 bits per heavy atom. The maximum Gasteiger partial charge on any atom is 0.122 e. The summed E-state index contributed by atoms with van der Waals surface area (Å²) in [6, 6.07) is 4.98. The molecule has 0 aliphatic carbocycles. The van der Waals surface area contributed by atoms with Crippen LogP contribution in [0.1, 0.15) is 95.8 Å². The zero-order chi connectivity index (χ0) is 16.7. The van der Waals surface area contributed by atoms with Crippen LogP contribution in [0, 0.1) is 0 Å². The van der Waals surface area contributed by atoms with Gasteiger partial charge in [0.1, 0.15) is 5.75 Å². The van der Waals surface area contributed by atoms with Gasteiger partial charge in [0.15, 0.2) is 0 Å². The molecule has 0 fully saturated rings. The van der Waals surface area contributed by atoms with E-state index in [0.29, 0.717) is 23.6 Å². The molecule has 0 saturated carbocycles. The van der Waals surface area contributed by atoms with Crippen molar-refractivity contribution in [2.75, 3.05) is 0 Å². The highest BCUT2D eigenvalue weighted by Crippen LogP contribution is 2.37. The average Bonchev–Trinajstić information content (AvgIpc) is 2.55. The van der Waals surface area contributed by atoms with Crippen molar-refractivity contribution in [3.63, 3.8) is 0 Å². The number of hydrogen-bond donors (Lipinski definition) is 2. The third-order valence-electron chi connectivity index (χ3n) is 5.10. The van der Waals surface area contributed by atoms with E-state index in [2.05, 4.69) is 59.0 Å². The normalized spacial score (nSPS) is 14.3. The first-order valence-corrected chi connectivity index (χ1v) is 9.07. The number of nitrogens with one attached hydrogen (secondary N) is 1.